The molecular weight excluding hydrogens is 268 g/mol. The zero-order valence-corrected chi connectivity index (χ0v) is 13.0. The second-order valence-corrected chi connectivity index (χ2v) is 4.90. The van der Waals surface area contributed by atoms with E-state index in [1.54, 1.807) is 36.2 Å². The molecule has 5 heteroatoms. The van der Waals surface area contributed by atoms with E-state index in [4.69, 9.17) is 4.74 Å². The Labute approximate surface area is 126 Å². The second kappa shape index (κ2) is 9.13. The van der Waals surface area contributed by atoms with Crippen LogP contribution in [0.15, 0.2) is 24.3 Å². The summed E-state index contributed by atoms with van der Waals surface area (Å²) in [7, 11) is 1.76. The van der Waals surface area contributed by atoms with Gasteiger partial charge in [0, 0.05) is 12.1 Å². The van der Waals surface area contributed by atoms with Gasteiger partial charge in [-0.15, -0.1) is 0 Å². The second-order valence-electron chi connectivity index (χ2n) is 4.90. The van der Waals surface area contributed by atoms with Crippen molar-refractivity contribution in [3.05, 3.63) is 29.8 Å². The lowest BCUT2D eigenvalue weighted by Crippen LogP contribution is -2.37. The predicted molar refractivity (Wildman–Crippen MR) is 82.7 cm³/mol. The Morgan fingerprint density at radius 3 is 2.38 bits per heavy atom. The summed E-state index contributed by atoms with van der Waals surface area (Å²) in [6.45, 7) is 5.62. The molecule has 1 rings (SSSR count). The highest BCUT2D eigenvalue weighted by Gasteiger charge is 2.12. The fourth-order valence-corrected chi connectivity index (χ4v) is 1.86. The molecule has 1 aromatic rings. The summed E-state index contributed by atoms with van der Waals surface area (Å²) in [5, 5.41) is 2.79. The van der Waals surface area contributed by atoms with E-state index in [0.29, 0.717) is 18.7 Å². The highest BCUT2D eigenvalue weighted by atomic mass is 16.5. The molecule has 5 nitrogen and oxygen atoms in total. The van der Waals surface area contributed by atoms with Crippen LogP contribution in [0.3, 0.4) is 0 Å². The minimum atomic E-state index is -0.0566. The monoisotopic (exact) mass is 292 g/mol. The number of hydrogen-bond donors (Lipinski definition) is 1. The number of hydrogen-bond acceptors (Lipinski definition) is 4. The fourth-order valence-electron chi connectivity index (χ4n) is 1.86. The molecule has 0 aromatic heterocycles. The van der Waals surface area contributed by atoms with Crippen molar-refractivity contribution in [3.63, 3.8) is 0 Å². The van der Waals surface area contributed by atoms with Crippen molar-refractivity contribution in [2.45, 2.75) is 20.3 Å². The highest BCUT2D eigenvalue weighted by Crippen LogP contribution is 2.12. The molecule has 21 heavy (non-hydrogen) atoms. The van der Waals surface area contributed by atoms with Crippen molar-refractivity contribution in [3.8, 4) is 5.75 Å². The van der Waals surface area contributed by atoms with Gasteiger partial charge in [-0.2, -0.15) is 0 Å². The Morgan fingerprint density at radius 1 is 1.14 bits per heavy atom. The van der Waals surface area contributed by atoms with E-state index in [1.165, 1.54) is 0 Å². The Bertz CT molecular complexity index is 457. The van der Waals surface area contributed by atoms with Crippen LogP contribution in [0, 0.1) is 0 Å². The fraction of sp³-hybridized carbons (Fsp3) is 0.500. The Kier molecular flexibility index (Phi) is 7.46. The molecule has 0 spiro atoms. The van der Waals surface area contributed by atoms with Gasteiger partial charge in [0.15, 0.2) is 5.78 Å². The molecule has 1 N–H and O–H groups in total. The lowest BCUT2D eigenvalue weighted by atomic mass is 10.1. The lowest BCUT2D eigenvalue weighted by molar-refractivity contribution is -0.121. The number of nitrogens with one attached hydrogen (secondary N) is 1. The van der Waals surface area contributed by atoms with Gasteiger partial charge in [0.25, 0.3) is 0 Å². The topological polar surface area (TPSA) is 58.6 Å². The highest BCUT2D eigenvalue weighted by molar-refractivity contribution is 5.97. The molecule has 0 unspecified atom stereocenters. The molecule has 0 fully saturated rings. The van der Waals surface area contributed by atoms with Crippen molar-refractivity contribution in [1.82, 2.24) is 10.2 Å². The standard InChI is InChI=1S/C16H24N2O3/c1-4-10-17-16(20)12-18(3)11-15(19)13-6-8-14(9-7-13)21-5-2/h6-9H,4-5,10-12H2,1-3H3,(H,17,20). The molecule has 0 saturated heterocycles. The van der Waals surface area contributed by atoms with Crippen LogP contribution in [0.2, 0.25) is 0 Å². The molecule has 0 aliphatic rings. The van der Waals surface area contributed by atoms with Crippen LogP contribution in [0.5, 0.6) is 5.75 Å². The molecule has 1 aromatic carbocycles. The van der Waals surface area contributed by atoms with Gasteiger partial charge in [-0.1, -0.05) is 6.92 Å². The van der Waals surface area contributed by atoms with Gasteiger partial charge in [-0.25, -0.2) is 0 Å². The molecule has 1 amide bonds. The number of carbonyl (C=O) groups excluding carboxylic acids is 2. The van der Waals surface area contributed by atoms with E-state index in [1.807, 2.05) is 13.8 Å². The largest absolute Gasteiger partial charge is 0.494 e. The lowest BCUT2D eigenvalue weighted by Gasteiger charge is -2.15. The van der Waals surface area contributed by atoms with Gasteiger partial charge in [0.2, 0.25) is 5.91 Å². The normalized spacial score (nSPS) is 10.5. The third-order valence-electron chi connectivity index (χ3n) is 2.89. The van der Waals surface area contributed by atoms with E-state index in [2.05, 4.69) is 5.32 Å². The number of likely N-dealkylation sites (N-methyl/N-ethyl adjacent to an activating group) is 1. The average molecular weight is 292 g/mol. The van der Waals surface area contributed by atoms with Gasteiger partial charge in [0.1, 0.15) is 5.75 Å². The zero-order chi connectivity index (χ0) is 15.7. The van der Waals surface area contributed by atoms with Crippen molar-refractivity contribution in [2.75, 3.05) is 33.3 Å². The Hall–Kier alpha value is -1.88. The van der Waals surface area contributed by atoms with Crippen LogP contribution in [0.1, 0.15) is 30.6 Å². The Balaban J connectivity index is 2.46. The molecule has 0 radical (unpaired) electrons. The predicted octanol–water partition coefficient (Wildman–Crippen LogP) is 1.73. The van der Waals surface area contributed by atoms with E-state index in [-0.39, 0.29) is 24.8 Å². The van der Waals surface area contributed by atoms with E-state index >= 15 is 0 Å². The summed E-state index contributed by atoms with van der Waals surface area (Å²) in [6, 6.07) is 7.06. The van der Waals surface area contributed by atoms with E-state index in [0.717, 1.165) is 12.2 Å². The number of benzene rings is 1. The number of amides is 1. The van der Waals surface area contributed by atoms with Crippen molar-refractivity contribution >= 4 is 11.7 Å². The third kappa shape index (κ3) is 6.40. The number of ketones is 1. The first-order valence-corrected chi connectivity index (χ1v) is 7.28. The number of nitrogens with zero attached hydrogens (tertiary/aromatic N) is 1. The first kappa shape index (κ1) is 17.2. The van der Waals surface area contributed by atoms with Crippen LogP contribution >= 0.6 is 0 Å². The number of ether oxygens (including phenoxy) is 1. The van der Waals surface area contributed by atoms with Gasteiger partial charge >= 0.3 is 0 Å². The van der Waals surface area contributed by atoms with Crippen molar-refractivity contribution in [1.29, 1.82) is 0 Å². The number of rotatable bonds is 9. The van der Waals surface area contributed by atoms with Gasteiger partial charge < -0.3 is 10.1 Å². The maximum Gasteiger partial charge on any atom is 0.234 e. The maximum absolute atomic E-state index is 12.1. The number of carbonyl (C=O) groups is 2. The van der Waals surface area contributed by atoms with Crippen LogP contribution in [0.4, 0.5) is 0 Å². The molecule has 0 atom stereocenters. The molecule has 116 valence electrons. The van der Waals surface area contributed by atoms with E-state index in [9.17, 15) is 9.59 Å². The van der Waals surface area contributed by atoms with Gasteiger partial charge in [-0.05, 0) is 44.7 Å². The smallest absolute Gasteiger partial charge is 0.234 e. The summed E-state index contributed by atoms with van der Waals surface area (Å²) < 4.78 is 5.34. The molecule has 0 heterocycles. The molecule has 0 aliphatic carbocycles. The van der Waals surface area contributed by atoms with Crippen LogP contribution in [-0.2, 0) is 4.79 Å². The first-order chi connectivity index (χ1) is 10.1. The minimum Gasteiger partial charge on any atom is -0.494 e. The SMILES string of the molecule is CCCNC(=O)CN(C)CC(=O)c1ccc(OCC)cc1. The van der Waals surface area contributed by atoms with Crippen molar-refractivity contribution < 1.29 is 14.3 Å². The van der Waals surface area contributed by atoms with Crippen molar-refractivity contribution in [2.24, 2.45) is 0 Å². The summed E-state index contributed by atoms with van der Waals surface area (Å²) in [5.41, 5.74) is 0.624. The van der Waals surface area contributed by atoms with Crippen LogP contribution in [0.25, 0.3) is 0 Å². The van der Waals surface area contributed by atoms with E-state index < -0.39 is 0 Å². The summed E-state index contributed by atoms with van der Waals surface area (Å²) in [6.07, 6.45) is 0.903. The molecular formula is C16H24N2O3. The van der Waals surface area contributed by atoms with Crippen LogP contribution < -0.4 is 10.1 Å². The van der Waals surface area contributed by atoms with Gasteiger partial charge in [0.05, 0.1) is 19.7 Å². The minimum absolute atomic E-state index is 0.0103. The third-order valence-corrected chi connectivity index (χ3v) is 2.89. The molecule has 0 bridgehead atoms. The summed E-state index contributed by atoms with van der Waals surface area (Å²) >= 11 is 0. The average Bonchev–Trinajstić information content (AvgIpc) is 2.46. The van der Waals surface area contributed by atoms with Crippen LogP contribution in [-0.4, -0.2) is 49.9 Å². The number of Topliss-reactive ketones (excluding diaryl/α,β-unsaturated/α-hetero) is 1. The Morgan fingerprint density at radius 2 is 1.81 bits per heavy atom. The maximum atomic E-state index is 12.1. The summed E-state index contributed by atoms with van der Waals surface area (Å²) in [5.74, 6) is 0.684. The quantitative estimate of drug-likeness (QED) is 0.704. The van der Waals surface area contributed by atoms with Gasteiger partial charge in [-0.3, -0.25) is 14.5 Å². The molecule has 0 aliphatic heterocycles. The molecule has 0 saturated carbocycles. The summed E-state index contributed by atoms with van der Waals surface area (Å²) in [4.78, 5) is 25.4. The first-order valence-electron chi connectivity index (χ1n) is 7.28. The zero-order valence-electron chi connectivity index (χ0n) is 13.0.